The van der Waals surface area contributed by atoms with E-state index in [9.17, 15) is 27.9 Å². The van der Waals surface area contributed by atoms with E-state index in [0.29, 0.717) is 49.8 Å². The van der Waals surface area contributed by atoms with E-state index in [-0.39, 0.29) is 45.9 Å². The first-order chi connectivity index (χ1) is 14.5. The number of likely N-dealkylation sites (tertiary alicyclic amines) is 1. The van der Waals surface area contributed by atoms with Crippen molar-refractivity contribution in [3.8, 4) is 0 Å². The summed E-state index contributed by atoms with van der Waals surface area (Å²) >= 11 is 12.5. The summed E-state index contributed by atoms with van der Waals surface area (Å²) in [4.78, 5) is 30.0. The number of carbonyl (C=O) groups is 2. The van der Waals surface area contributed by atoms with Gasteiger partial charge in [0.05, 0.1) is 22.2 Å². The topological polar surface area (TPSA) is 70.5 Å². The number of aliphatic hydroxyl groups is 1. The van der Waals surface area contributed by atoms with E-state index < -0.39 is 18.2 Å². The lowest BCUT2D eigenvalue weighted by atomic mass is 9.64. The Hall–Kier alpha value is -1.38. The van der Waals surface area contributed by atoms with Crippen LogP contribution in [0.3, 0.4) is 0 Å². The van der Waals surface area contributed by atoms with Crippen LogP contribution < -0.4 is 0 Å². The third-order valence-electron chi connectivity index (χ3n) is 6.85. The highest BCUT2D eigenvalue weighted by Crippen LogP contribution is 2.47. The van der Waals surface area contributed by atoms with E-state index >= 15 is 0 Å². The van der Waals surface area contributed by atoms with Gasteiger partial charge in [-0.1, -0.05) is 29.6 Å². The summed E-state index contributed by atoms with van der Waals surface area (Å²) in [7, 11) is 0. The Labute approximate surface area is 188 Å². The van der Waals surface area contributed by atoms with Crippen LogP contribution in [0.4, 0.5) is 13.2 Å². The second-order valence-corrected chi connectivity index (χ2v) is 9.26. The standard InChI is InChI=1S/C21H25Cl2F3N2O3/c1-10-18(22)15(19(23)16(9-29)27-10)8-17(30)28-7-6-13-12(11(28)2)4-3-5-14(13)20(31)21(24,25)26/h9,11-14,20,31H,3-8H2,1-2H3/t11-,12+,13+,14+,20-/m0/s1. The maximum Gasteiger partial charge on any atom is 0.414 e. The lowest BCUT2D eigenvalue weighted by Crippen LogP contribution is -2.55. The summed E-state index contributed by atoms with van der Waals surface area (Å²) < 4.78 is 39.4. The third-order valence-corrected chi connectivity index (χ3v) is 7.77. The second kappa shape index (κ2) is 9.24. The number of halogens is 5. The maximum atomic E-state index is 13.1. The number of nitrogens with zero attached hydrogens (tertiary/aromatic N) is 2. The number of aromatic nitrogens is 1. The Morgan fingerprint density at radius 2 is 1.94 bits per heavy atom. The van der Waals surface area contributed by atoms with Crippen LogP contribution in [0.15, 0.2) is 0 Å². The van der Waals surface area contributed by atoms with Crippen LogP contribution in [0.5, 0.6) is 0 Å². The molecule has 1 N–H and O–H groups in total. The number of aryl methyl sites for hydroxylation is 1. The van der Waals surface area contributed by atoms with Gasteiger partial charge in [-0.05, 0) is 50.9 Å². The molecule has 0 radical (unpaired) electrons. The van der Waals surface area contributed by atoms with E-state index in [1.165, 1.54) is 0 Å². The molecule has 31 heavy (non-hydrogen) atoms. The SMILES string of the molecule is Cc1nc(C=O)c(Cl)c(CC(=O)N2CC[C@H]3[C@H]([C@H](O)C(F)(F)F)CCC[C@@H]3[C@@H]2C)c1Cl. The lowest BCUT2D eigenvalue weighted by molar-refractivity contribution is -0.233. The molecule has 5 atom stereocenters. The quantitative estimate of drug-likeness (QED) is 0.637. The Kier molecular flexibility index (Phi) is 7.23. The monoisotopic (exact) mass is 480 g/mol. The van der Waals surface area contributed by atoms with Gasteiger partial charge in [-0.3, -0.25) is 9.59 Å². The molecule has 3 rings (SSSR count). The van der Waals surface area contributed by atoms with Crippen molar-refractivity contribution < 1.29 is 27.9 Å². The third kappa shape index (κ3) is 4.71. The second-order valence-electron chi connectivity index (χ2n) is 8.51. The number of alkyl halides is 3. The van der Waals surface area contributed by atoms with Crippen molar-refractivity contribution in [3.05, 3.63) is 27.0 Å². The Morgan fingerprint density at radius 1 is 1.26 bits per heavy atom. The number of aliphatic hydroxyl groups excluding tert-OH is 1. The minimum absolute atomic E-state index is 0.00869. The van der Waals surface area contributed by atoms with Crippen molar-refractivity contribution in [1.29, 1.82) is 0 Å². The fourth-order valence-corrected chi connectivity index (χ4v) is 5.81. The molecule has 0 unspecified atom stereocenters. The highest BCUT2D eigenvalue weighted by Gasteiger charge is 2.51. The van der Waals surface area contributed by atoms with Crippen LogP contribution in [0.1, 0.15) is 54.4 Å². The first-order valence-corrected chi connectivity index (χ1v) is 11.1. The minimum atomic E-state index is -4.65. The summed E-state index contributed by atoms with van der Waals surface area (Å²) in [6.45, 7) is 3.75. The number of aldehydes is 1. The van der Waals surface area contributed by atoms with Crippen LogP contribution in [0.2, 0.25) is 10.0 Å². The molecule has 1 aromatic heterocycles. The van der Waals surface area contributed by atoms with Gasteiger partial charge in [0.1, 0.15) is 5.69 Å². The Bertz CT molecular complexity index is 865. The molecular formula is C21H25Cl2F3N2O3. The molecule has 1 saturated carbocycles. The van der Waals surface area contributed by atoms with E-state index in [2.05, 4.69) is 4.98 Å². The molecule has 5 nitrogen and oxygen atoms in total. The average Bonchev–Trinajstić information content (AvgIpc) is 2.72. The van der Waals surface area contributed by atoms with E-state index in [4.69, 9.17) is 23.2 Å². The van der Waals surface area contributed by atoms with Crippen molar-refractivity contribution in [1.82, 2.24) is 9.88 Å². The molecule has 1 aliphatic carbocycles. The zero-order valence-electron chi connectivity index (χ0n) is 17.3. The molecule has 10 heteroatoms. The minimum Gasteiger partial charge on any atom is -0.383 e. The summed E-state index contributed by atoms with van der Waals surface area (Å²) in [5.74, 6) is -1.51. The number of pyridine rings is 1. The van der Waals surface area contributed by atoms with Crippen LogP contribution in [0, 0.1) is 24.7 Å². The number of rotatable bonds is 4. The number of fused-ring (bicyclic) bond motifs is 1. The van der Waals surface area contributed by atoms with Gasteiger partial charge >= 0.3 is 6.18 Å². The Morgan fingerprint density at radius 3 is 2.55 bits per heavy atom. The van der Waals surface area contributed by atoms with Crippen LogP contribution >= 0.6 is 23.2 Å². The molecule has 1 aliphatic heterocycles. The van der Waals surface area contributed by atoms with Crippen molar-refractivity contribution in [2.75, 3.05) is 6.54 Å². The lowest BCUT2D eigenvalue weighted by Gasteiger charge is -2.50. The van der Waals surface area contributed by atoms with Crippen molar-refractivity contribution in [2.45, 2.75) is 64.3 Å². The summed E-state index contributed by atoms with van der Waals surface area (Å²) in [6, 6.07) is -0.277. The molecule has 1 amide bonds. The predicted molar refractivity (Wildman–Crippen MR) is 110 cm³/mol. The van der Waals surface area contributed by atoms with Crippen molar-refractivity contribution >= 4 is 35.4 Å². The fraction of sp³-hybridized carbons (Fsp3) is 0.667. The van der Waals surface area contributed by atoms with Crippen LogP contribution in [-0.2, 0) is 11.2 Å². The predicted octanol–water partition coefficient (Wildman–Crippen LogP) is 4.63. The highest BCUT2D eigenvalue weighted by atomic mass is 35.5. The summed E-state index contributed by atoms with van der Waals surface area (Å²) in [5.41, 5.74) is 0.722. The molecule has 2 heterocycles. The number of piperidine rings is 1. The van der Waals surface area contributed by atoms with Gasteiger partial charge < -0.3 is 10.0 Å². The van der Waals surface area contributed by atoms with Crippen molar-refractivity contribution in [3.63, 3.8) is 0 Å². The normalized spacial score (nSPS) is 27.5. The first-order valence-electron chi connectivity index (χ1n) is 10.3. The van der Waals surface area contributed by atoms with Gasteiger partial charge in [0.25, 0.3) is 0 Å². The Balaban J connectivity index is 1.79. The number of hydrogen-bond acceptors (Lipinski definition) is 4. The molecule has 1 aromatic rings. The zero-order chi connectivity index (χ0) is 23.1. The van der Waals surface area contributed by atoms with Gasteiger partial charge in [0, 0.05) is 18.2 Å². The molecule has 2 fully saturated rings. The van der Waals surface area contributed by atoms with E-state index in [1.807, 2.05) is 6.92 Å². The molecule has 0 bridgehead atoms. The smallest absolute Gasteiger partial charge is 0.383 e. The van der Waals surface area contributed by atoms with Gasteiger partial charge in [0.2, 0.25) is 5.91 Å². The van der Waals surface area contributed by atoms with E-state index in [1.54, 1.807) is 11.8 Å². The molecule has 2 aliphatic rings. The number of amides is 1. The summed E-state index contributed by atoms with van der Waals surface area (Å²) in [6.07, 6.45) is -4.59. The molecule has 172 valence electrons. The molecular weight excluding hydrogens is 456 g/mol. The van der Waals surface area contributed by atoms with Gasteiger partial charge in [0.15, 0.2) is 12.4 Å². The van der Waals surface area contributed by atoms with Crippen LogP contribution in [-0.4, -0.2) is 52.1 Å². The fourth-order valence-electron chi connectivity index (χ4n) is 5.31. The molecule has 0 spiro atoms. The molecule has 0 aromatic carbocycles. The number of hydrogen-bond donors (Lipinski definition) is 1. The van der Waals surface area contributed by atoms with Gasteiger partial charge in [-0.25, -0.2) is 4.98 Å². The van der Waals surface area contributed by atoms with E-state index in [0.717, 1.165) is 0 Å². The largest absolute Gasteiger partial charge is 0.414 e. The number of carbonyl (C=O) groups excluding carboxylic acids is 2. The highest BCUT2D eigenvalue weighted by molar-refractivity contribution is 6.37. The average molecular weight is 481 g/mol. The zero-order valence-corrected chi connectivity index (χ0v) is 18.8. The van der Waals surface area contributed by atoms with Crippen LogP contribution in [0.25, 0.3) is 0 Å². The molecule has 1 saturated heterocycles. The summed E-state index contributed by atoms with van der Waals surface area (Å²) in [5, 5.41) is 10.1. The van der Waals surface area contributed by atoms with Crippen molar-refractivity contribution in [2.24, 2.45) is 17.8 Å². The van der Waals surface area contributed by atoms with Gasteiger partial charge in [-0.2, -0.15) is 13.2 Å². The maximum absolute atomic E-state index is 13.1. The van der Waals surface area contributed by atoms with Gasteiger partial charge in [-0.15, -0.1) is 0 Å². The first kappa shape index (κ1) is 24.3.